The fourth-order valence-electron chi connectivity index (χ4n) is 2.89. The Bertz CT molecular complexity index is 334. The first-order valence-corrected chi connectivity index (χ1v) is 7.20. The second-order valence-corrected chi connectivity index (χ2v) is 5.33. The third-order valence-corrected chi connectivity index (χ3v) is 4.02. The number of piperazine rings is 1. The lowest BCUT2D eigenvalue weighted by Crippen LogP contribution is -2.50. The summed E-state index contributed by atoms with van der Waals surface area (Å²) in [7, 11) is 0. The molecule has 2 aliphatic rings. The van der Waals surface area contributed by atoms with Gasteiger partial charge in [0, 0.05) is 39.1 Å². The number of primary amides is 1. The van der Waals surface area contributed by atoms with Gasteiger partial charge in [0.25, 0.3) is 0 Å². The third kappa shape index (κ3) is 4.61. The van der Waals surface area contributed by atoms with Gasteiger partial charge in [-0.25, -0.2) is 0 Å². The summed E-state index contributed by atoms with van der Waals surface area (Å²) >= 11 is 0. The van der Waals surface area contributed by atoms with Gasteiger partial charge in [-0.3, -0.25) is 14.5 Å². The maximum absolute atomic E-state index is 12.1. The van der Waals surface area contributed by atoms with E-state index in [9.17, 15) is 9.59 Å². The van der Waals surface area contributed by atoms with E-state index in [4.69, 9.17) is 5.73 Å². The molecule has 0 radical (unpaired) electrons. The zero-order valence-corrected chi connectivity index (χ0v) is 12.7. The number of rotatable bonds is 4. The van der Waals surface area contributed by atoms with Gasteiger partial charge in [0.05, 0.1) is 6.04 Å². The number of halogens is 1. The van der Waals surface area contributed by atoms with Crippen molar-refractivity contribution in [3.63, 3.8) is 0 Å². The topological polar surface area (TPSA) is 78.7 Å². The number of nitrogens with two attached hydrogens (primary N) is 1. The number of hydrogen-bond acceptors (Lipinski definition) is 4. The van der Waals surface area contributed by atoms with Crippen molar-refractivity contribution in [3.05, 3.63) is 0 Å². The number of amides is 2. The fourth-order valence-corrected chi connectivity index (χ4v) is 2.89. The van der Waals surface area contributed by atoms with E-state index >= 15 is 0 Å². The Morgan fingerprint density at radius 1 is 1.15 bits per heavy atom. The summed E-state index contributed by atoms with van der Waals surface area (Å²) in [6.45, 7) is 4.85. The van der Waals surface area contributed by atoms with E-state index in [1.165, 1.54) is 0 Å². The first-order valence-electron chi connectivity index (χ1n) is 7.20. The van der Waals surface area contributed by atoms with Gasteiger partial charge >= 0.3 is 0 Å². The molecule has 7 heteroatoms. The molecule has 0 bridgehead atoms. The highest BCUT2D eigenvalue weighted by Crippen LogP contribution is 2.17. The molecule has 2 amide bonds. The fraction of sp³-hybridized carbons (Fsp3) is 0.846. The van der Waals surface area contributed by atoms with Crippen LogP contribution in [0.3, 0.4) is 0 Å². The Hall–Kier alpha value is -0.850. The summed E-state index contributed by atoms with van der Waals surface area (Å²) in [5, 5.41) is 3.23. The van der Waals surface area contributed by atoms with Crippen LogP contribution in [0.2, 0.25) is 0 Å². The average Bonchev–Trinajstić information content (AvgIpc) is 2.46. The van der Waals surface area contributed by atoms with Gasteiger partial charge < -0.3 is 16.0 Å². The van der Waals surface area contributed by atoms with Crippen LogP contribution < -0.4 is 11.1 Å². The molecule has 2 heterocycles. The van der Waals surface area contributed by atoms with E-state index in [0.717, 1.165) is 52.0 Å². The molecule has 2 rings (SSSR count). The summed E-state index contributed by atoms with van der Waals surface area (Å²) in [6, 6.07) is -0.176. The first-order chi connectivity index (χ1) is 9.18. The van der Waals surface area contributed by atoms with Gasteiger partial charge in [-0.1, -0.05) is 6.42 Å². The number of piperidine rings is 1. The molecule has 0 saturated carbocycles. The monoisotopic (exact) mass is 304 g/mol. The number of likely N-dealkylation sites (tertiary alicyclic amines) is 1. The first kappa shape index (κ1) is 17.2. The summed E-state index contributed by atoms with van der Waals surface area (Å²) in [6.07, 6.45) is 3.46. The normalized spacial score (nSPS) is 24.0. The number of carbonyl (C=O) groups excluding carboxylic acids is 2. The van der Waals surface area contributed by atoms with E-state index in [0.29, 0.717) is 13.0 Å². The molecular weight excluding hydrogens is 280 g/mol. The predicted molar refractivity (Wildman–Crippen MR) is 79.7 cm³/mol. The van der Waals surface area contributed by atoms with Crippen LogP contribution in [0, 0.1) is 0 Å². The summed E-state index contributed by atoms with van der Waals surface area (Å²) in [5.41, 5.74) is 5.42. The molecule has 0 aromatic carbocycles. The standard InChI is InChI=1S/C13H24N4O2.ClH/c14-13(19)11-3-1-2-7-16(11)8-4-12(18)17-9-5-15-6-10-17;/h11,15H,1-10H2,(H2,14,19);1H. The molecular formula is C13H25ClN4O2. The quantitative estimate of drug-likeness (QED) is 0.739. The molecule has 2 saturated heterocycles. The van der Waals surface area contributed by atoms with Crippen LogP contribution in [0.4, 0.5) is 0 Å². The van der Waals surface area contributed by atoms with Crippen LogP contribution in [-0.2, 0) is 9.59 Å². The van der Waals surface area contributed by atoms with Crippen LogP contribution >= 0.6 is 12.4 Å². The predicted octanol–water partition coefficient (Wildman–Crippen LogP) is -0.430. The van der Waals surface area contributed by atoms with Crippen LogP contribution in [0.1, 0.15) is 25.7 Å². The molecule has 2 aliphatic heterocycles. The Morgan fingerprint density at radius 3 is 2.50 bits per heavy atom. The van der Waals surface area contributed by atoms with Crippen molar-refractivity contribution in [3.8, 4) is 0 Å². The zero-order valence-electron chi connectivity index (χ0n) is 11.8. The third-order valence-electron chi connectivity index (χ3n) is 4.02. The lowest BCUT2D eigenvalue weighted by Gasteiger charge is -2.34. The van der Waals surface area contributed by atoms with Gasteiger partial charge in [0.1, 0.15) is 0 Å². The lowest BCUT2D eigenvalue weighted by molar-refractivity contribution is -0.133. The van der Waals surface area contributed by atoms with Gasteiger partial charge in [-0.2, -0.15) is 0 Å². The van der Waals surface area contributed by atoms with E-state index < -0.39 is 0 Å². The largest absolute Gasteiger partial charge is 0.368 e. The molecule has 20 heavy (non-hydrogen) atoms. The van der Waals surface area contributed by atoms with Gasteiger partial charge in [-0.05, 0) is 19.4 Å². The Kier molecular flexibility index (Phi) is 7.26. The van der Waals surface area contributed by atoms with Crippen molar-refractivity contribution in [1.29, 1.82) is 0 Å². The second kappa shape index (κ2) is 8.44. The smallest absolute Gasteiger partial charge is 0.234 e. The Balaban J connectivity index is 0.00000200. The van der Waals surface area contributed by atoms with Crippen molar-refractivity contribution in [2.45, 2.75) is 31.7 Å². The maximum Gasteiger partial charge on any atom is 0.234 e. The molecule has 3 N–H and O–H groups in total. The van der Waals surface area contributed by atoms with Crippen molar-refractivity contribution in [1.82, 2.24) is 15.1 Å². The Labute approximate surface area is 126 Å². The highest BCUT2D eigenvalue weighted by atomic mass is 35.5. The number of hydrogen-bond donors (Lipinski definition) is 2. The van der Waals surface area contributed by atoms with Crippen LogP contribution in [-0.4, -0.2) is 66.9 Å². The minimum absolute atomic E-state index is 0. The number of carbonyl (C=O) groups is 2. The van der Waals surface area contributed by atoms with Crippen LogP contribution in [0.25, 0.3) is 0 Å². The maximum atomic E-state index is 12.1. The van der Waals surface area contributed by atoms with E-state index in [2.05, 4.69) is 10.2 Å². The molecule has 0 aromatic rings. The molecule has 2 fully saturated rings. The van der Waals surface area contributed by atoms with E-state index in [1.54, 1.807) is 0 Å². The minimum atomic E-state index is -0.255. The molecule has 1 unspecified atom stereocenters. The molecule has 0 aliphatic carbocycles. The molecule has 116 valence electrons. The van der Waals surface area contributed by atoms with Gasteiger partial charge in [0.2, 0.25) is 11.8 Å². The average molecular weight is 305 g/mol. The molecule has 1 atom stereocenters. The Morgan fingerprint density at radius 2 is 1.85 bits per heavy atom. The SMILES string of the molecule is Cl.NC(=O)C1CCCCN1CCC(=O)N1CCNCC1. The van der Waals surface area contributed by atoms with Crippen molar-refractivity contribution >= 4 is 24.2 Å². The number of nitrogens with zero attached hydrogens (tertiary/aromatic N) is 2. The van der Waals surface area contributed by atoms with Crippen molar-refractivity contribution in [2.24, 2.45) is 5.73 Å². The van der Waals surface area contributed by atoms with E-state index in [1.807, 2.05) is 4.90 Å². The highest BCUT2D eigenvalue weighted by Gasteiger charge is 2.27. The summed E-state index contributed by atoms with van der Waals surface area (Å²) in [5.74, 6) is -0.0652. The molecule has 6 nitrogen and oxygen atoms in total. The van der Waals surface area contributed by atoms with E-state index in [-0.39, 0.29) is 30.3 Å². The summed E-state index contributed by atoms with van der Waals surface area (Å²) < 4.78 is 0. The van der Waals surface area contributed by atoms with Crippen molar-refractivity contribution in [2.75, 3.05) is 39.3 Å². The molecule has 0 aromatic heterocycles. The van der Waals surface area contributed by atoms with Gasteiger partial charge in [0.15, 0.2) is 0 Å². The van der Waals surface area contributed by atoms with Crippen LogP contribution in [0.5, 0.6) is 0 Å². The minimum Gasteiger partial charge on any atom is -0.368 e. The van der Waals surface area contributed by atoms with Crippen molar-refractivity contribution < 1.29 is 9.59 Å². The van der Waals surface area contributed by atoms with Crippen LogP contribution in [0.15, 0.2) is 0 Å². The summed E-state index contributed by atoms with van der Waals surface area (Å²) in [4.78, 5) is 27.4. The highest BCUT2D eigenvalue weighted by molar-refractivity contribution is 5.85. The zero-order chi connectivity index (χ0) is 13.7. The molecule has 0 spiro atoms. The second-order valence-electron chi connectivity index (χ2n) is 5.33. The number of nitrogens with one attached hydrogen (secondary N) is 1. The lowest BCUT2D eigenvalue weighted by atomic mass is 10.0. The van der Waals surface area contributed by atoms with Gasteiger partial charge in [-0.15, -0.1) is 12.4 Å².